The standard InChI is InChI=1S/C10H10N2O2/c1-10(2)3-6-7(4-11)9(12)14-8(6)5-13-10/h3,5H,12H2,1-2H3. The molecule has 0 fully saturated rings. The lowest BCUT2D eigenvalue weighted by Crippen LogP contribution is -2.35. The van der Waals surface area contributed by atoms with E-state index in [1.807, 2.05) is 26.0 Å². The van der Waals surface area contributed by atoms with Crippen molar-refractivity contribution in [1.82, 2.24) is 0 Å². The summed E-state index contributed by atoms with van der Waals surface area (Å²) in [6.07, 6.45) is 3.33. The molecule has 0 aliphatic carbocycles. The first-order valence-electron chi connectivity index (χ1n) is 4.23. The fraction of sp³-hybridized carbons (Fsp3) is 0.300. The highest BCUT2D eigenvalue weighted by atomic mass is 16.5. The molecule has 1 aliphatic heterocycles. The smallest absolute Gasteiger partial charge is 0.209 e. The van der Waals surface area contributed by atoms with Crippen LogP contribution in [-0.2, 0) is 4.74 Å². The maximum absolute atomic E-state index is 8.87. The summed E-state index contributed by atoms with van der Waals surface area (Å²) in [6.45, 7) is 3.80. The Morgan fingerprint density at radius 3 is 2.86 bits per heavy atom. The summed E-state index contributed by atoms with van der Waals surface area (Å²) < 4.78 is 10.5. The average Bonchev–Trinajstić information content (AvgIpc) is 2.39. The van der Waals surface area contributed by atoms with E-state index in [1.54, 1.807) is 0 Å². The molecular formula is C10H10N2O2. The van der Waals surface area contributed by atoms with Gasteiger partial charge in [0, 0.05) is 5.22 Å². The predicted molar refractivity (Wildman–Crippen MR) is 51.2 cm³/mol. The molecule has 1 aromatic rings. The van der Waals surface area contributed by atoms with Crippen LogP contribution in [0.4, 0.5) is 5.88 Å². The molecular weight excluding hydrogens is 180 g/mol. The number of ether oxygens (including phenoxy) is 1. The summed E-state index contributed by atoms with van der Waals surface area (Å²) >= 11 is 0. The van der Waals surface area contributed by atoms with E-state index in [9.17, 15) is 0 Å². The lowest BCUT2D eigenvalue weighted by Gasteiger charge is -2.21. The summed E-state index contributed by atoms with van der Waals surface area (Å²) in [5.74, 6) is 0.145. The number of hydrogen-bond acceptors (Lipinski definition) is 4. The largest absolute Gasteiger partial charge is 0.487 e. The third kappa shape index (κ3) is 1.14. The van der Waals surface area contributed by atoms with Gasteiger partial charge in [-0.3, -0.25) is 0 Å². The van der Waals surface area contributed by atoms with Gasteiger partial charge in [-0.1, -0.05) is 0 Å². The minimum atomic E-state index is -0.422. The minimum absolute atomic E-state index is 0.145. The van der Waals surface area contributed by atoms with Gasteiger partial charge < -0.3 is 14.9 Å². The van der Waals surface area contributed by atoms with Crippen molar-refractivity contribution in [3.8, 4) is 6.07 Å². The molecule has 1 aromatic heterocycles. The summed E-state index contributed by atoms with van der Waals surface area (Å²) in [6, 6.07) is 2.02. The van der Waals surface area contributed by atoms with E-state index in [0.717, 1.165) is 5.22 Å². The van der Waals surface area contributed by atoms with Gasteiger partial charge in [-0.05, 0) is 19.9 Å². The van der Waals surface area contributed by atoms with Gasteiger partial charge in [0.05, 0.1) is 0 Å². The normalized spacial score (nSPS) is 16.9. The van der Waals surface area contributed by atoms with E-state index in [0.29, 0.717) is 11.0 Å². The topological polar surface area (TPSA) is 72.2 Å². The fourth-order valence-corrected chi connectivity index (χ4v) is 1.41. The van der Waals surface area contributed by atoms with Crippen LogP contribution in [0.15, 0.2) is 4.42 Å². The summed E-state index contributed by atoms with van der Waals surface area (Å²) in [5, 5.41) is 9.59. The van der Waals surface area contributed by atoms with Gasteiger partial charge in [0.15, 0.2) is 5.42 Å². The number of nitrogen functional groups attached to an aromatic ring is 1. The molecule has 2 rings (SSSR count). The van der Waals surface area contributed by atoms with Crippen LogP contribution in [0.5, 0.6) is 0 Å². The first kappa shape index (κ1) is 8.70. The van der Waals surface area contributed by atoms with E-state index in [4.69, 9.17) is 20.1 Å². The Labute approximate surface area is 80.9 Å². The van der Waals surface area contributed by atoms with E-state index in [2.05, 4.69) is 0 Å². The van der Waals surface area contributed by atoms with Gasteiger partial charge in [0.1, 0.15) is 23.5 Å². The third-order valence-electron chi connectivity index (χ3n) is 2.07. The highest BCUT2D eigenvalue weighted by Crippen LogP contribution is 2.15. The van der Waals surface area contributed by atoms with Crippen LogP contribution in [0.3, 0.4) is 0 Å². The van der Waals surface area contributed by atoms with Gasteiger partial charge in [-0.15, -0.1) is 0 Å². The highest BCUT2D eigenvalue weighted by molar-refractivity contribution is 5.54. The van der Waals surface area contributed by atoms with Gasteiger partial charge in [-0.2, -0.15) is 5.26 Å². The molecule has 0 radical (unpaired) electrons. The lowest BCUT2D eigenvalue weighted by molar-refractivity contribution is 0.148. The average molecular weight is 190 g/mol. The van der Waals surface area contributed by atoms with Crippen LogP contribution in [0.1, 0.15) is 19.4 Å². The lowest BCUT2D eigenvalue weighted by atomic mass is 10.1. The number of hydrogen-bond donors (Lipinski definition) is 1. The molecule has 2 N–H and O–H groups in total. The predicted octanol–water partition coefficient (Wildman–Crippen LogP) is 0.0608. The molecule has 0 atom stereocenters. The monoisotopic (exact) mass is 190 g/mol. The van der Waals surface area contributed by atoms with Crippen molar-refractivity contribution in [3.05, 3.63) is 16.2 Å². The van der Waals surface area contributed by atoms with Crippen LogP contribution in [-0.4, -0.2) is 5.60 Å². The van der Waals surface area contributed by atoms with Crippen LogP contribution >= 0.6 is 0 Å². The molecule has 0 saturated carbocycles. The summed E-state index contributed by atoms with van der Waals surface area (Å²) in [7, 11) is 0. The van der Waals surface area contributed by atoms with Crippen molar-refractivity contribution < 1.29 is 9.15 Å². The number of furan rings is 1. The van der Waals surface area contributed by atoms with Gasteiger partial charge in [0.25, 0.3) is 0 Å². The van der Waals surface area contributed by atoms with E-state index in [1.165, 1.54) is 6.26 Å². The second-order valence-electron chi connectivity index (χ2n) is 3.71. The first-order chi connectivity index (χ1) is 6.53. The van der Waals surface area contributed by atoms with Crippen molar-refractivity contribution in [2.75, 3.05) is 5.73 Å². The Kier molecular flexibility index (Phi) is 1.58. The Hall–Kier alpha value is -1.89. The molecule has 72 valence electrons. The molecule has 0 unspecified atom stereocenters. The van der Waals surface area contributed by atoms with Crippen LogP contribution < -0.4 is 16.4 Å². The van der Waals surface area contributed by atoms with E-state index in [-0.39, 0.29) is 5.88 Å². The zero-order chi connectivity index (χ0) is 10.3. The zero-order valence-corrected chi connectivity index (χ0v) is 8.00. The van der Waals surface area contributed by atoms with Crippen molar-refractivity contribution in [2.45, 2.75) is 19.4 Å². The molecule has 1 aliphatic rings. The Balaban J connectivity index is 2.84. The number of nitrogens with zero attached hydrogens (tertiary/aromatic N) is 1. The highest BCUT2D eigenvalue weighted by Gasteiger charge is 2.21. The van der Waals surface area contributed by atoms with E-state index < -0.39 is 5.60 Å². The second kappa shape index (κ2) is 2.55. The maximum atomic E-state index is 8.87. The quantitative estimate of drug-likeness (QED) is 0.628. The molecule has 14 heavy (non-hydrogen) atoms. The maximum Gasteiger partial charge on any atom is 0.209 e. The summed E-state index contributed by atoms with van der Waals surface area (Å²) in [4.78, 5) is 0. The second-order valence-corrected chi connectivity index (χ2v) is 3.71. The molecule has 2 heterocycles. The molecule has 0 amide bonds. The number of nitriles is 1. The molecule has 4 nitrogen and oxygen atoms in total. The third-order valence-corrected chi connectivity index (χ3v) is 2.07. The van der Waals surface area contributed by atoms with Gasteiger partial charge in [0.2, 0.25) is 5.88 Å². The van der Waals surface area contributed by atoms with Gasteiger partial charge in [-0.25, -0.2) is 0 Å². The molecule has 0 aromatic carbocycles. The van der Waals surface area contributed by atoms with Crippen molar-refractivity contribution in [1.29, 1.82) is 5.26 Å². The van der Waals surface area contributed by atoms with E-state index >= 15 is 0 Å². The Morgan fingerprint density at radius 1 is 1.50 bits per heavy atom. The number of rotatable bonds is 0. The summed E-state index contributed by atoms with van der Waals surface area (Å²) in [5.41, 5.74) is 6.01. The number of fused-ring (bicyclic) bond motifs is 1. The minimum Gasteiger partial charge on any atom is -0.487 e. The molecule has 4 heteroatoms. The first-order valence-corrected chi connectivity index (χ1v) is 4.23. The fourth-order valence-electron chi connectivity index (χ4n) is 1.41. The SMILES string of the molecule is CC1(C)C=c2c(C#N)c(N)oc2=CO1. The number of anilines is 1. The van der Waals surface area contributed by atoms with Crippen LogP contribution in [0, 0.1) is 11.3 Å². The van der Waals surface area contributed by atoms with Gasteiger partial charge >= 0.3 is 0 Å². The van der Waals surface area contributed by atoms with Crippen molar-refractivity contribution in [2.24, 2.45) is 0 Å². The Bertz CT molecular complexity index is 532. The molecule has 0 saturated heterocycles. The van der Waals surface area contributed by atoms with Crippen molar-refractivity contribution in [3.63, 3.8) is 0 Å². The van der Waals surface area contributed by atoms with Crippen molar-refractivity contribution >= 4 is 18.2 Å². The number of nitrogens with two attached hydrogens (primary N) is 1. The molecule has 0 spiro atoms. The van der Waals surface area contributed by atoms with Crippen LogP contribution in [0.2, 0.25) is 0 Å². The zero-order valence-electron chi connectivity index (χ0n) is 8.00. The molecule has 0 bridgehead atoms. The Morgan fingerprint density at radius 2 is 2.21 bits per heavy atom. The van der Waals surface area contributed by atoms with Crippen LogP contribution in [0.25, 0.3) is 12.3 Å².